The monoisotopic (exact) mass is 498 g/mol. The van der Waals surface area contributed by atoms with E-state index >= 15 is 0 Å². The van der Waals surface area contributed by atoms with Gasteiger partial charge in [0.2, 0.25) is 5.91 Å². The Balaban J connectivity index is 1.86. The lowest BCUT2D eigenvalue weighted by Crippen LogP contribution is -2.19. The van der Waals surface area contributed by atoms with Crippen molar-refractivity contribution in [1.29, 1.82) is 0 Å². The molecular formula is C19H19BrN2O3S3. The van der Waals surface area contributed by atoms with E-state index in [1.165, 1.54) is 23.5 Å². The van der Waals surface area contributed by atoms with Gasteiger partial charge in [0.1, 0.15) is 0 Å². The van der Waals surface area contributed by atoms with Crippen LogP contribution in [-0.2, 0) is 21.2 Å². The molecule has 0 atom stereocenters. The fourth-order valence-electron chi connectivity index (χ4n) is 2.66. The van der Waals surface area contributed by atoms with E-state index in [2.05, 4.69) is 20.9 Å². The highest BCUT2D eigenvalue weighted by atomic mass is 79.9. The van der Waals surface area contributed by atoms with Crippen molar-refractivity contribution >= 4 is 65.0 Å². The number of carbonyl (C=O) groups excluding carboxylic acids is 1. The zero-order valence-electron chi connectivity index (χ0n) is 15.2. The third-order valence-corrected chi connectivity index (χ3v) is 7.93. The zero-order chi connectivity index (χ0) is 20.1. The Kier molecular flexibility index (Phi) is 7.14. The Morgan fingerprint density at radius 1 is 1.21 bits per heavy atom. The molecule has 1 aromatic heterocycles. The minimum atomic E-state index is -3.50. The molecule has 9 heteroatoms. The van der Waals surface area contributed by atoms with E-state index in [1.54, 1.807) is 30.0 Å². The lowest BCUT2D eigenvalue weighted by atomic mass is 10.3. The van der Waals surface area contributed by atoms with Gasteiger partial charge in [-0.05, 0) is 36.6 Å². The Hall–Kier alpha value is -1.42. The number of nitrogens with zero attached hydrogens (tertiary/aromatic N) is 2. The smallest absolute Gasteiger partial charge is 0.249 e. The maximum Gasteiger partial charge on any atom is 0.249 e. The normalized spacial score (nSPS) is 12.6. The van der Waals surface area contributed by atoms with Gasteiger partial charge in [0.05, 0.1) is 20.9 Å². The zero-order valence-corrected chi connectivity index (χ0v) is 19.2. The van der Waals surface area contributed by atoms with Crippen LogP contribution in [0.1, 0.15) is 6.42 Å². The SMILES string of the molecule is CSCCn1c(=NC(=O)CCS(=O)(=O)c2ccccc2)sc2cc(Br)ccc21. The van der Waals surface area contributed by atoms with Crippen LogP contribution in [0.3, 0.4) is 0 Å². The van der Waals surface area contributed by atoms with Crippen LogP contribution in [-0.4, -0.2) is 36.7 Å². The largest absolute Gasteiger partial charge is 0.316 e. The second-order valence-electron chi connectivity index (χ2n) is 6.03. The average molecular weight is 499 g/mol. The first-order chi connectivity index (χ1) is 13.4. The van der Waals surface area contributed by atoms with E-state index in [0.717, 1.165) is 27.0 Å². The number of aryl methyl sites for hydroxylation is 1. The summed E-state index contributed by atoms with van der Waals surface area (Å²) in [4.78, 5) is 17.5. The van der Waals surface area contributed by atoms with E-state index in [9.17, 15) is 13.2 Å². The van der Waals surface area contributed by atoms with Crippen LogP contribution in [0.15, 0.2) is 62.9 Å². The number of thioether (sulfide) groups is 1. The number of carbonyl (C=O) groups is 1. The molecule has 0 saturated heterocycles. The molecule has 0 aliphatic rings. The lowest BCUT2D eigenvalue weighted by Gasteiger charge is -2.04. The van der Waals surface area contributed by atoms with Gasteiger partial charge in [-0.2, -0.15) is 16.8 Å². The maximum absolute atomic E-state index is 12.4. The molecule has 0 spiro atoms. The van der Waals surface area contributed by atoms with Gasteiger partial charge in [-0.1, -0.05) is 45.5 Å². The predicted octanol–water partition coefficient (Wildman–Crippen LogP) is 4.12. The molecule has 0 unspecified atom stereocenters. The Bertz CT molecular complexity index is 1150. The van der Waals surface area contributed by atoms with E-state index in [4.69, 9.17) is 0 Å². The molecular weight excluding hydrogens is 480 g/mol. The van der Waals surface area contributed by atoms with E-state index in [0.29, 0.717) is 4.80 Å². The number of fused-ring (bicyclic) bond motifs is 1. The van der Waals surface area contributed by atoms with Gasteiger partial charge in [0.25, 0.3) is 0 Å². The lowest BCUT2D eigenvalue weighted by molar-refractivity contribution is -0.117. The second-order valence-corrected chi connectivity index (χ2v) is 11.0. The molecule has 5 nitrogen and oxygen atoms in total. The molecule has 148 valence electrons. The van der Waals surface area contributed by atoms with Crippen molar-refractivity contribution in [3.63, 3.8) is 0 Å². The third kappa shape index (κ3) is 5.14. The molecule has 0 N–H and O–H groups in total. The van der Waals surface area contributed by atoms with E-state index in [1.807, 2.05) is 29.0 Å². The van der Waals surface area contributed by atoms with Crippen LogP contribution in [0.2, 0.25) is 0 Å². The number of thiazole rings is 1. The highest BCUT2D eigenvalue weighted by Crippen LogP contribution is 2.22. The summed E-state index contributed by atoms with van der Waals surface area (Å²) >= 11 is 6.62. The van der Waals surface area contributed by atoms with Crippen LogP contribution in [0.5, 0.6) is 0 Å². The number of aromatic nitrogens is 1. The standard InChI is InChI=1S/C19H19BrN2O3S3/c1-26-11-10-22-16-8-7-14(20)13-17(16)27-19(22)21-18(23)9-12-28(24,25)15-5-3-2-4-6-15/h2-8,13H,9-12H2,1H3. The molecule has 0 fully saturated rings. The molecule has 0 radical (unpaired) electrons. The Morgan fingerprint density at radius 2 is 1.96 bits per heavy atom. The predicted molar refractivity (Wildman–Crippen MR) is 120 cm³/mol. The molecule has 2 aromatic carbocycles. The van der Waals surface area contributed by atoms with Crippen LogP contribution in [0, 0.1) is 0 Å². The summed E-state index contributed by atoms with van der Waals surface area (Å²) < 4.78 is 28.8. The fourth-order valence-corrected chi connectivity index (χ4v) is 5.90. The van der Waals surface area contributed by atoms with Crippen molar-refractivity contribution in [3.8, 4) is 0 Å². The second kappa shape index (κ2) is 9.39. The average Bonchev–Trinajstić information content (AvgIpc) is 3.01. The molecule has 0 saturated carbocycles. The van der Waals surface area contributed by atoms with Gasteiger partial charge < -0.3 is 4.57 Å². The van der Waals surface area contributed by atoms with Crippen LogP contribution < -0.4 is 4.80 Å². The molecule has 1 heterocycles. The molecule has 3 rings (SSSR count). The van der Waals surface area contributed by atoms with Crippen LogP contribution in [0.25, 0.3) is 10.2 Å². The Labute approximate surface area is 180 Å². The number of halogens is 1. The van der Waals surface area contributed by atoms with Crippen LogP contribution in [0.4, 0.5) is 0 Å². The maximum atomic E-state index is 12.4. The number of sulfone groups is 1. The van der Waals surface area contributed by atoms with Gasteiger partial charge in [0, 0.05) is 23.2 Å². The molecule has 1 amide bonds. The van der Waals surface area contributed by atoms with E-state index < -0.39 is 15.7 Å². The Morgan fingerprint density at radius 3 is 2.68 bits per heavy atom. The van der Waals surface area contributed by atoms with Gasteiger partial charge >= 0.3 is 0 Å². The van der Waals surface area contributed by atoms with Crippen LogP contribution >= 0.6 is 39.0 Å². The molecule has 0 bridgehead atoms. The third-order valence-electron chi connectivity index (χ3n) is 4.07. The van der Waals surface area contributed by atoms with Crippen molar-refractivity contribution in [2.45, 2.75) is 17.9 Å². The minimum Gasteiger partial charge on any atom is -0.316 e. The fraction of sp³-hybridized carbons (Fsp3) is 0.263. The molecule has 0 aliphatic carbocycles. The summed E-state index contributed by atoms with van der Waals surface area (Å²) in [6, 6.07) is 14.1. The summed E-state index contributed by atoms with van der Waals surface area (Å²) in [5.41, 5.74) is 1.02. The van der Waals surface area contributed by atoms with Crippen molar-refractivity contribution in [2.75, 3.05) is 17.8 Å². The number of amides is 1. The van der Waals surface area contributed by atoms with Gasteiger partial charge in [-0.3, -0.25) is 4.79 Å². The summed E-state index contributed by atoms with van der Waals surface area (Å²) in [6.45, 7) is 0.733. The minimum absolute atomic E-state index is 0.141. The van der Waals surface area contributed by atoms with Gasteiger partial charge in [0.15, 0.2) is 14.6 Å². The molecule has 28 heavy (non-hydrogen) atoms. The van der Waals surface area contributed by atoms with Crippen molar-refractivity contribution < 1.29 is 13.2 Å². The highest BCUT2D eigenvalue weighted by Gasteiger charge is 2.16. The topological polar surface area (TPSA) is 68.5 Å². The first-order valence-electron chi connectivity index (χ1n) is 8.54. The summed E-state index contributed by atoms with van der Waals surface area (Å²) in [7, 11) is -3.50. The van der Waals surface area contributed by atoms with Crippen molar-refractivity contribution in [2.24, 2.45) is 4.99 Å². The van der Waals surface area contributed by atoms with Gasteiger partial charge in [-0.25, -0.2) is 8.42 Å². The summed E-state index contributed by atoms with van der Waals surface area (Å²) in [6.07, 6.45) is 1.89. The number of hydrogen-bond donors (Lipinski definition) is 0. The molecule has 0 aliphatic heterocycles. The molecule has 3 aromatic rings. The first-order valence-corrected chi connectivity index (χ1v) is 13.2. The number of rotatable bonds is 7. The van der Waals surface area contributed by atoms with Gasteiger partial charge in [-0.15, -0.1) is 0 Å². The number of hydrogen-bond acceptors (Lipinski definition) is 5. The summed E-state index contributed by atoms with van der Waals surface area (Å²) in [5.74, 6) is 0.217. The quantitative estimate of drug-likeness (QED) is 0.491. The van der Waals surface area contributed by atoms with E-state index in [-0.39, 0.29) is 17.1 Å². The number of benzene rings is 2. The first kappa shape index (κ1) is 21.3. The highest BCUT2D eigenvalue weighted by molar-refractivity contribution is 9.10. The summed E-state index contributed by atoms with van der Waals surface area (Å²) in [5, 5.41) is 0. The van der Waals surface area contributed by atoms with Crippen molar-refractivity contribution in [3.05, 3.63) is 57.8 Å². The van der Waals surface area contributed by atoms with Crippen molar-refractivity contribution in [1.82, 2.24) is 4.57 Å².